The van der Waals surface area contributed by atoms with Gasteiger partial charge < -0.3 is 0 Å². The van der Waals surface area contributed by atoms with Gasteiger partial charge in [0.05, 0.1) is 0 Å². The predicted octanol–water partition coefficient (Wildman–Crippen LogP) is 2.57. The molecule has 3 heteroatoms. The highest BCUT2D eigenvalue weighted by Crippen LogP contribution is 2.06. The minimum absolute atomic E-state index is 0.329. The van der Waals surface area contributed by atoms with Gasteiger partial charge in [-0.05, 0) is 6.42 Å². The number of hydrogen-bond acceptors (Lipinski definition) is 0. The molecule has 0 aromatic rings. The lowest BCUT2D eigenvalue weighted by Crippen LogP contribution is -2.20. The van der Waals surface area contributed by atoms with Crippen molar-refractivity contribution in [2.45, 2.75) is 19.3 Å². The molecular formula is C8H12Cl2N+. The van der Waals surface area contributed by atoms with Crippen molar-refractivity contribution in [1.82, 2.24) is 0 Å². The average molecular weight is 193 g/mol. The van der Waals surface area contributed by atoms with E-state index in [2.05, 4.69) is 4.58 Å². The third kappa shape index (κ3) is 3.78. The van der Waals surface area contributed by atoms with Crippen molar-refractivity contribution >= 4 is 29.4 Å². The molecule has 0 saturated carbocycles. The Hall–Kier alpha value is -0.0100. The first-order valence-corrected chi connectivity index (χ1v) is 4.65. The molecule has 0 aliphatic carbocycles. The van der Waals surface area contributed by atoms with Crippen LogP contribution in [0.3, 0.4) is 0 Å². The van der Waals surface area contributed by atoms with Gasteiger partial charge in [0.2, 0.25) is 0 Å². The Labute approximate surface area is 77.3 Å². The SMILES string of the molecule is ClC(Cl)=CC=[N+]1CCCCC1. The molecule has 1 nitrogen and oxygen atoms in total. The maximum atomic E-state index is 5.47. The Morgan fingerprint density at radius 1 is 1.09 bits per heavy atom. The third-order valence-corrected chi connectivity index (χ3v) is 2.05. The van der Waals surface area contributed by atoms with Gasteiger partial charge >= 0.3 is 0 Å². The molecule has 1 heterocycles. The quantitative estimate of drug-likeness (QED) is 0.563. The molecule has 0 aromatic carbocycles. The standard InChI is InChI=1S/C8H12Cl2N/c9-8(10)4-7-11-5-2-1-3-6-11/h4,7H,1-3,5-6H2/q+1. The summed E-state index contributed by atoms with van der Waals surface area (Å²) in [6, 6.07) is 0. The Balaban J connectivity index is 2.44. The molecule has 0 aromatic heterocycles. The summed E-state index contributed by atoms with van der Waals surface area (Å²) in [5, 5.41) is 0. The zero-order chi connectivity index (χ0) is 8.10. The van der Waals surface area contributed by atoms with Crippen molar-refractivity contribution in [2.24, 2.45) is 0 Å². The Kier molecular flexibility index (Phi) is 3.95. The number of halogens is 2. The number of hydrogen-bond donors (Lipinski definition) is 0. The minimum Gasteiger partial charge on any atom is -0.236 e. The van der Waals surface area contributed by atoms with Crippen molar-refractivity contribution in [2.75, 3.05) is 13.1 Å². The summed E-state index contributed by atoms with van der Waals surface area (Å²) in [6.45, 7) is 2.27. The number of allylic oxidation sites excluding steroid dienone is 1. The van der Waals surface area contributed by atoms with E-state index in [0.717, 1.165) is 13.1 Å². The number of nitrogens with zero attached hydrogens (tertiary/aromatic N) is 1. The lowest BCUT2D eigenvalue weighted by atomic mass is 10.2. The summed E-state index contributed by atoms with van der Waals surface area (Å²) in [4.78, 5) is 0. The zero-order valence-corrected chi connectivity index (χ0v) is 7.91. The molecule has 1 aliphatic rings. The molecule has 0 unspecified atom stereocenters. The fraction of sp³-hybridized carbons (Fsp3) is 0.625. The van der Waals surface area contributed by atoms with E-state index in [1.807, 2.05) is 6.21 Å². The summed E-state index contributed by atoms with van der Waals surface area (Å²) < 4.78 is 2.57. The van der Waals surface area contributed by atoms with E-state index >= 15 is 0 Å². The Morgan fingerprint density at radius 2 is 1.73 bits per heavy atom. The Morgan fingerprint density at radius 3 is 2.27 bits per heavy atom. The molecule has 11 heavy (non-hydrogen) atoms. The molecule has 1 saturated heterocycles. The highest BCUT2D eigenvalue weighted by molar-refractivity contribution is 6.56. The molecule has 0 bridgehead atoms. The van der Waals surface area contributed by atoms with Crippen LogP contribution in [0, 0.1) is 0 Å². The molecule has 0 radical (unpaired) electrons. The van der Waals surface area contributed by atoms with Gasteiger partial charge in [0, 0.05) is 18.9 Å². The van der Waals surface area contributed by atoms with Crippen LogP contribution in [-0.4, -0.2) is 23.9 Å². The van der Waals surface area contributed by atoms with Crippen LogP contribution in [0.25, 0.3) is 0 Å². The van der Waals surface area contributed by atoms with Gasteiger partial charge in [-0.2, -0.15) is 0 Å². The molecule has 1 fully saturated rings. The Bertz CT molecular complexity index is 173. The average Bonchev–Trinajstić information content (AvgIpc) is 2.03. The summed E-state index contributed by atoms with van der Waals surface area (Å²) >= 11 is 10.9. The van der Waals surface area contributed by atoms with Gasteiger partial charge in [0.25, 0.3) is 0 Å². The van der Waals surface area contributed by atoms with E-state index in [0.29, 0.717) is 4.49 Å². The number of rotatable bonds is 1. The van der Waals surface area contributed by atoms with Gasteiger partial charge in [0.1, 0.15) is 17.6 Å². The minimum atomic E-state index is 0.329. The molecule has 1 rings (SSSR count). The summed E-state index contributed by atoms with van der Waals surface area (Å²) in [6.07, 6.45) is 7.61. The molecular weight excluding hydrogens is 181 g/mol. The van der Waals surface area contributed by atoms with Crippen molar-refractivity contribution < 1.29 is 4.58 Å². The summed E-state index contributed by atoms with van der Waals surface area (Å²) in [5.74, 6) is 0. The second-order valence-electron chi connectivity index (χ2n) is 2.70. The highest BCUT2D eigenvalue weighted by Gasteiger charge is 2.08. The first-order valence-electron chi connectivity index (χ1n) is 3.89. The van der Waals surface area contributed by atoms with Crippen molar-refractivity contribution in [3.8, 4) is 0 Å². The van der Waals surface area contributed by atoms with E-state index < -0.39 is 0 Å². The van der Waals surface area contributed by atoms with Crippen LogP contribution in [0.1, 0.15) is 19.3 Å². The lowest BCUT2D eigenvalue weighted by molar-refractivity contribution is -0.532. The van der Waals surface area contributed by atoms with Crippen LogP contribution in [0.4, 0.5) is 0 Å². The van der Waals surface area contributed by atoms with Crippen LogP contribution >= 0.6 is 23.2 Å². The van der Waals surface area contributed by atoms with Crippen LogP contribution in [-0.2, 0) is 0 Å². The van der Waals surface area contributed by atoms with E-state index in [1.165, 1.54) is 19.3 Å². The van der Waals surface area contributed by atoms with Crippen molar-refractivity contribution in [3.05, 3.63) is 10.6 Å². The predicted molar refractivity (Wildman–Crippen MR) is 49.7 cm³/mol. The van der Waals surface area contributed by atoms with E-state index in [1.54, 1.807) is 6.08 Å². The molecule has 0 amide bonds. The van der Waals surface area contributed by atoms with Crippen LogP contribution in [0.5, 0.6) is 0 Å². The van der Waals surface area contributed by atoms with Crippen molar-refractivity contribution in [1.29, 1.82) is 0 Å². The fourth-order valence-electron chi connectivity index (χ4n) is 1.23. The van der Waals surface area contributed by atoms with Crippen LogP contribution in [0.2, 0.25) is 0 Å². The summed E-state index contributed by atoms with van der Waals surface area (Å²) in [5.41, 5.74) is 0. The number of piperidine rings is 1. The third-order valence-electron chi connectivity index (χ3n) is 1.80. The second kappa shape index (κ2) is 4.78. The lowest BCUT2D eigenvalue weighted by Gasteiger charge is -2.07. The van der Waals surface area contributed by atoms with Gasteiger partial charge in [-0.3, -0.25) is 0 Å². The van der Waals surface area contributed by atoms with Crippen LogP contribution in [0.15, 0.2) is 10.6 Å². The van der Waals surface area contributed by atoms with Crippen molar-refractivity contribution in [3.63, 3.8) is 0 Å². The molecule has 0 spiro atoms. The first kappa shape index (κ1) is 9.08. The maximum absolute atomic E-state index is 5.47. The van der Waals surface area contributed by atoms with Crippen LogP contribution < -0.4 is 0 Å². The van der Waals surface area contributed by atoms with E-state index in [9.17, 15) is 0 Å². The van der Waals surface area contributed by atoms with Gasteiger partial charge in [0.15, 0.2) is 6.21 Å². The van der Waals surface area contributed by atoms with Gasteiger partial charge in [-0.25, -0.2) is 4.58 Å². The van der Waals surface area contributed by atoms with E-state index in [4.69, 9.17) is 23.2 Å². The highest BCUT2D eigenvalue weighted by atomic mass is 35.5. The normalized spacial score (nSPS) is 17.8. The van der Waals surface area contributed by atoms with Gasteiger partial charge in [-0.15, -0.1) is 0 Å². The largest absolute Gasteiger partial charge is 0.236 e. The van der Waals surface area contributed by atoms with Gasteiger partial charge in [-0.1, -0.05) is 23.2 Å². The fourth-order valence-corrected chi connectivity index (χ4v) is 1.34. The zero-order valence-electron chi connectivity index (χ0n) is 6.39. The molecule has 62 valence electrons. The monoisotopic (exact) mass is 192 g/mol. The topological polar surface area (TPSA) is 3.01 Å². The summed E-state index contributed by atoms with van der Waals surface area (Å²) in [7, 11) is 0. The molecule has 0 atom stereocenters. The van der Waals surface area contributed by atoms with E-state index in [-0.39, 0.29) is 0 Å². The first-order chi connectivity index (χ1) is 5.29. The molecule has 0 N–H and O–H groups in total. The smallest absolute Gasteiger partial charge is 0.165 e. The molecule has 1 aliphatic heterocycles. The maximum Gasteiger partial charge on any atom is 0.165 e. The second-order valence-corrected chi connectivity index (χ2v) is 3.71.